The number of hydrogen-bond acceptors (Lipinski definition) is 7. The Morgan fingerprint density at radius 1 is 1.38 bits per heavy atom. The number of nitro groups is 1. The summed E-state index contributed by atoms with van der Waals surface area (Å²) >= 11 is 0. The number of imide groups is 1. The Kier molecular flexibility index (Phi) is 5.43. The van der Waals surface area contributed by atoms with E-state index in [2.05, 4.69) is 0 Å². The van der Waals surface area contributed by atoms with Gasteiger partial charge in [-0.3, -0.25) is 20.2 Å². The summed E-state index contributed by atoms with van der Waals surface area (Å²) in [5.41, 5.74) is 10.2. The third-order valence-corrected chi connectivity index (χ3v) is 2.40. The number of nitrogens with two attached hydrogens (primary N) is 2. The van der Waals surface area contributed by atoms with Crippen molar-refractivity contribution in [1.29, 1.82) is 0 Å². The number of nitro benzene ring substituents is 1. The molecular weight excluding hydrogens is 284 g/mol. The average molecular weight is 298 g/mol. The number of nitrogens with zero attached hydrogens (tertiary/aromatic N) is 1. The van der Waals surface area contributed by atoms with Crippen molar-refractivity contribution in [3.05, 3.63) is 27.8 Å². The van der Waals surface area contributed by atoms with Crippen molar-refractivity contribution in [2.24, 2.45) is 11.5 Å². The Bertz CT molecular complexity index is 574. The molecule has 0 atom stereocenters. The van der Waals surface area contributed by atoms with Gasteiger partial charge in [0.1, 0.15) is 0 Å². The molecule has 0 aliphatic heterocycles. The molecule has 0 unspecified atom stereocenters. The van der Waals surface area contributed by atoms with E-state index in [1.54, 1.807) is 5.32 Å². The van der Waals surface area contributed by atoms with Gasteiger partial charge in [-0.1, -0.05) is 0 Å². The summed E-state index contributed by atoms with van der Waals surface area (Å²) in [7, 11) is 1.33. The number of nitrogens with one attached hydrogen (secondary N) is 1. The maximum Gasteiger partial charge on any atom is 0.318 e. The van der Waals surface area contributed by atoms with Crippen LogP contribution in [0, 0.1) is 10.1 Å². The second kappa shape index (κ2) is 7.05. The van der Waals surface area contributed by atoms with Crippen molar-refractivity contribution in [1.82, 2.24) is 5.32 Å². The molecule has 10 nitrogen and oxygen atoms in total. The van der Waals surface area contributed by atoms with Gasteiger partial charge in [-0.15, -0.1) is 0 Å². The summed E-state index contributed by atoms with van der Waals surface area (Å²) in [6.45, 7) is -0.618. The highest BCUT2D eigenvalue weighted by molar-refractivity contribution is 5.94. The van der Waals surface area contributed by atoms with Gasteiger partial charge in [0.05, 0.1) is 18.1 Å². The van der Waals surface area contributed by atoms with Crippen LogP contribution in [-0.4, -0.2) is 30.6 Å². The fourth-order valence-electron chi connectivity index (χ4n) is 1.51. The Morgan fingerprint density at radius 2 is 2.05 bits per heavy atom. The smallest absolute Gasteiger partial charge is 0.318 e. The van der Waals surface area contributed by atoms with Crippen LogP contribution in [0.3, 0.4) is 0 Å². The molecule has 0 radical (unpaired) electrons. The second-order valence-electron chi connectivity index (χ2n) is 3.79. The summed E-state index contributed by atoms with van der Waals surface area (Å²) in [4.78, 5) is 32.0. The van der Waals surface area contributed by atoms with E-state index >= 15 is 0 Å². The van der Waals surface area contributed by atoms with Crippen LogP contribution in [-0.2, 0) is 11.3 Å². The SMILES string of the molecule is COc1cc(CN)c([N+](=O)[O-])cc1OCC(=O)NC(N)=O. The van der Waals surface area contributed by atoms with E-state index in [0.29, 0.717) is 0 Å². The monoisotopic (exact) mass is 298 g/mol. The van der Waals surface area contributed by atoms with Crippen LogP contribution in [0.1, 0.15) is 5.56 Å². The van der Waals surface area contributed by atoms with Crippen LogP contribution in [0.25, 0.3) is 0 Å². The highest BCUT2D eigenvalue weighted by Gasteiger charge is 2.19. The van der Waals surface area contributed by atoms with E-state index in [4.69, 9.17) is 20.9 Å². The van der Waals surface area contributed by atoms with Crippen LogP contribution in [0.15, 0.2) is 12.1 Å². The number of methoxy groups -OCH3 is 1. The molecule has 0 heterocycles. The number of carbonyl (C=O) groups is 2. The van der Waals surface area contributed by atoms with Gasteiger partial charge in [0.2, 0.25) is 0 Å². The normalized spacial score (nSPS) is 9.81. The second-order valence-corrected chi connectivity index (χ2v) is 3.79. The Labute approximate surface area is 119 Å². The standard InChI is InChI=1S/C11H14N4O6/c1-20-8-2-6(4-12)7(15(18)19)3-9(8)21-5-10(16)14-11(13)17/h2-3H,4-5,12H2,1H3,(H3,13,14,16,17). The van der Waals surface area contributed by atoms with E-state index < -0.39 is 23.5 Å². The van der Waals surface area contributed by atoms with E-state index in [1.807, 2.05) is 0 Å². The van der Waals surface area contributed by atoms with Gasteiger partial charge in [0.25, 0.3) is 11.6 Å². The molecule has 3 amide bonds. The highest BCUT2D eigenvalue weighted by atomic mass is 16.6. The van der Waals surface area contributed by atoms with Crippen molar-refractivity contribution in [2.75, 3.05) is 13.7 Å². The van der Waals surface area contributed by atoms with Crippen LogP contribution in [0.2, 0.25) is 0 Å². The van der Waals surface area contributed by atoms with Crippen molar-refractivity contribution >= 4 is 17.6 Å². The van der Waals surface area contributed by atoms with E-state index in [-0.39, 0.29) is 29.3 Å². The maximum absolute atomic E-state index is 11.2. The molecule has 114 valence electrons. The molecule has 1 aromatic carbocycles. The Balaban J connectivity index is 3.00. The minimum Gasteiger partial charge on any atom is -0.493 e. The van der Waals surface area contributed by atoms with Gasteiger partial charge < -0.3 is 20.9 Å². The van der Waals surface area contributed by atoms with Crippen molar-refractivity contribution in [3.63, 3.8) is 0 Å². The van der Waals surface area contributed by atoms with Crippen molar-refractivity contribution in [2.45, 2.75) is 6.54 Å². The van der Waals surface area contributed by atoms with Gasteiger partial charge in [-0.2, -0.15) is 0 Å². The molecule has 10 heteroatoms. The van der Waals surface area contributed by atoms with E-state index in [9.17, 15) is 19.7 Å². The first-order valence-corrected chi connectivity index (χ1v) is 5.66. The average Bonchev–Trinajstić information content (AvgIpc) is 2.43. The van der Waals surface area contributed by atoms with Gasteiger partial charge in [-0.05, 0) is 6.07 Å². The lowest BCUT2D eigenvalue weighted by Crippen LogP contribution is -2.38. The van der Waals surface area contributed by atoms with E-state index in [1.165, 1.54) is 13.2 Å². The van der Waals surface area contributed by atoms with Crippen molar-refractivity contribution in [3.8, 4) is 11.5 Å². The van der Waals surface area contributed by atoms with Gasteiger partial charge in [0.15, 0.2) is 18.1 Å². The molecule has 0 spiro atoms. The zero-order valence-corrected chi connectivity index (χ0v) is 11.1. The molecule has 21 heavy (non-hydrogen) atoms. The summed E-state index contributed by atoms with van der Waals surface area (Å²) in [5, 5.41) is 12.7. The first kappa shape index (κ1) is 16.2. The molecular formula is C11H14N4O6. The lowest BCUT2D eigenvalue weighted by molar-refractivity contribution is -0.385. The quantitative estimate of drug-likeness (QED) is 0.477. The molecule has 0 aromatic heterocycles. The largest absolute Gasteiger partial charge is 0.493 e. The number of amides is 3. The summed E-state index contributed by atoms with van der Waals surface area (Å²) < 4.78 is 10.1. The molecule has 0 bridgehead atoms. The number of ether oxygens (including phenoxy) is 2. The molecule has 1 rings (SSSR count). The van der Waals surface area contributed by atoms with Gasteiger partial charge >= 0.3 is 6.03 Å². The van der Waals surface area contributed by atoms with E-state index in [0.717, 1.165) is 6.07 Å². The summed E-state index contributed by atoms with van der Waals surface area (Å²) in [5.74, 6) is -0.649. The van der Waals surface area contributed by atoms with Crippen LogP contribution < -0.4 is 26.3 Å². The number of hydrogen-bond donors (Lipinski definition) is 3. The third-order valence-electron chi connectivity index (χ3n) is 2.40. The van der Waals surface area contributed by atoms with Gasteiger partial charge in [-0.25, -0.2) is 4.79 Å². The Morgan fingerprint density at radius 3 is 2.52 bits per heavy atom. The number of primary amides is 1. The minimum atomic E-state index is -1.03. The fraction of sp³-hybridized carbons (Fsp3) is 0.273. The lowest BCUT2D eigenvalue weighted by atomic mass is 10.1. The number of urea groups is 1. The van der Waals surface area contributed by atoms with Crippen LogP contribution >= 0.6 is 0 Å². The Hall–Kier alpha value is -2.88. The topological polar surface area (TPSA) is 160 Å². The fourth-order valence-corrected chi connectivity index (χ4v) is 1.51. The molecule has 0 saturated heterocycles. The van der Waals surface area contributed by atoms with Crippen LogP contribution in [0.4, 0.5) is 10.5 Å². The third kappa shape index (κ3) is 4.31. The predicted octanol–water partition coefficient (Wildman–Crippen LogP) is -0.364. The zero-order chi connectivity index (χ0) is 16.0. The number of rotatable bonds is 6. The molecule has 0 aliphatic rings. The molecule has 5 N–H and O–H groups in total. The van der Waals surface area contributed by atoms with Crippen molar-refractivity contribution < 1.29 is 24.0 Å². The predicted molar refractivity (Wildman–Crippen MR) is 70.8 cm³/mol. The van der Waals surface area contributed by atoms with Gasteiger partial charge in [0, 0.05) is 12.1 Å². The number of benzene rings is 1. The molecule has 0 saturated carbocycles. The van der Waals surface area contributed by atoms with Crippen LogP contribution in [0.5, 0.6) is 11.5 Å². The number of carbonyl (C=O) groups excluding carboxylic acids is 2. The lowest BCUT2D eigenvalue weighted by Gasteiger charge is -2.11. The minimum absolute atomic E-state index is 0.0268. The molecule has 0 aliphatic carbocycles. The molecule has 1 aromatic rings. The molecule has 0 fully saturated rings. The zero-order valence-electron chi connectivity index (χ0n) is 11.1. The first-order chi connectivity index (χ1) is 9.88. The maximum atomic E-state index is 11.2. The first-order valence-electron chi connectivity index (χ1n) is 5.66. The summed E-state index contributed by atoms with van der Waals surface area (Å²) in [6, 6.07) is 1.41. The summed E-state index contributed by atoms with van der Waals surface area (Å²) in [6.07, 6.45) is 0. The highest BCUT2D eigenvalue weighted by Crippen LogP contribution is 2.34.